The molecule has 0 fully saturated rings. The van der Waals surface area contributed by atoms with Crippen LogP contribution in [0.1, 0.15) is 18.2 Å². The molecule has 5 nitrogen and oxygen atoms in total. The molecule has 0 spiro atoms. The summed E-state index contributed by atoms with van der Waals surface area (Å²) in [4.78, 5) is 10.7. The van der Waals surface area contributed by atoms with Crippen LogP contribution in [-0.2, 0) is 20.0 Å². The van der Waals surface area contributed by atoms with E-state index in [4.69, 9.17) is 0 Å². The van der Waals surface area contributed by atoms with Gasteiger partial charge in [0.25, 0.3) is 5.69 Å². The van der Waals surface area contributed by atoms with E-state index < -0.39 is 0 Å². The van der Waals surface area contributed by atoms with Crippen LogP contribution in [0.15, 0.2) is 36.5 Å². The van der Waals surface area contributed by atoms with Crippen molar-refractivity contribution in [3.8, 4) is 0 Å². The first-order chi connectivity index (χ1) is 9.11. The lowest BCUT2D eigenvalue weighted by Gasteiger charge is -2.08. The second kappa shape index (κ2) is 5.56. The van der Waals surface area contributed by atoms with Crippen LogP contribution in [0.25, 0.3) is 0 Å². The Labute approximate surface area is 112 Å². The molecule has 0 unspecified atom stereocenters. The van der Waals surface area contributed by atoms with Gasteiger partial charge in [0.15, 0.2) is 0 Å². The minimum atomic E-state index is -0.327. The minimum Gasteiger partial charge on any atom is -0.379 e. The normalized spacial score (nSPS) is 10.4. The van der Waals surface area contributed by atoms with E-state index in [9.17, 15) is 10.1 Å². The Bertz CT molecular complexity index is 590. The third-order valence-corrected chi connectivity index (χ3v) is 3.19. The van der Waals surface area contributed by atoms with Gasteiger partial charge in [0.2, 0.25) is 0 Å². The van der Waals surface area contributed by atoms with Crippen molar-refractivity contribution in [3.63, 3.8) is 0 Å². The van der Waals surface area contributed by atoms with Gasteiger partial charge in [-0.05, 0) is 24.6 Å². The molecule has 5 heteroatoms. The highest BCUT2D eigenvalue weighted by Crippen LogP contribution is 2.24. The molecule has 0 aliphatic rings. The predicted octanol–water partition coefficient (Wildman–Crippen LogP) is 3.11. The first-order valence-electron chi connectivity index (χ1n) is 6.23. The molecule has 0 radical (unpaired) electrons. The lowest BCUT2D eigenvalue weighted by atomic mass is 10.1. The van der Waals surface area contributed by atoms with Crippen molar-refractivity contribution in [2.45, 2.75) is 19.9 Å². The van der Waals surface area contributed by atoms with Gasteiger partial charge in [-0.1, -0.05) is 13.0 Å². The summed E-state index contributed by atoms with van der Waals surface area (Å²) < 4.78 is 2.02. The number of nitrogens with one attached hydrogen (secondary N) is 1. The molecule has 0 aliphatic heterocycles. The Kier molecular flexibility index (Phi) is 3.85. The number of aromatic nitrogens is 1. The summed E-state index contributed by atoms with van der Waals surface area (Å²) in [5.41, 5.74) is 2.83. The molecule has 0 saturated heterocycles. The van der Waals surface area contributed by atoms with Crippen molar-refractivity contribution in [2.75, 3.05) is 5.32 Å². The molecule has 0 aliphatic carbocycles. The molecule has 2 rings (SSSR count). The molecule has 19 heavy (non-hydrogen) atoms. The van der Waals surface area contributed by atoms with Gasteiger partial charge in [0.1, 0.15) is 0 Å². The summed E-state index contributed by atoms with van der Waals surface area (Å²) in [7, 11) is 1.97. The highest BCUT2D eigenvalue weighted by Gasteiger charge is 2.12. The molecule has 1 aromatic heterocycles. The first-order valence-corrected chi connectivity index (χ1v) is 6.23. The van der Waals surface area contributed by atoms with Crippen LogP contribution >= 0.6 is 0 Å². The number of anilines is 1. The Hall–Kier alpha value is -2.30. The van der Waals surface area contributed by atoms with E-state index >= 15 is 0 Å². The molecule has 1 N–H and O–H groups in total. The molecule has 0 saturated carbocycles. The topological polar surface area (TPSA) is 60.1 Å². The second-order valence-corrected chi connectivity index (χ2v) is 4.42. The molecule has 1 heterocycles. The summed E-state index contributed by atoms with van der Waals surface area (Å²) in [6.45, 7) is 2.56. The average Bonchev–Trinajstić information content (AvgIpc) is 2.81. The SMILES string of the molecule is CCc1ccc(NCc2cccn2C)cc1[N+](=O)[O-]. The van der Waals surface area contributed by atoms with Gasteiger partial charge in [0, 0.05) is 36.3 Å². The van der Waals surface area contributed by atoms with Gasteiger partial charge in [0.05, 0.1) is 11.5 Å². The van der Waals surface area contributed by atoms with Crippen LogP contribution in [0.2, 0.25) is 0 Å². The zero-order valence-corrected chi connectivity index (χ0v) is 11.1. The largest absolute Gasteiger partial charge is 0.379 e. The molecule has 2 aromatic rings. The zero-order chi connectivity index (χ0) is 13.8. The summed E-state index contributed by atoms with van der Waals surface area (Å²) in [6, 6.07) is 9.28. The molecule has 0 amide bonds. The Morgan fingerprint density at radius 2 is 2.16 bits per heavy atom. The Morgan fingerprint density at radius 1 is 1.37 bits per heavy atom. The summed E-state index contributed by atoms with van der Waals surface area (Å²) in [6.07, 6.45) is 2.63. The molecule has 0 atom stereocenters. The minimum absolute atomic E-state index is 0.180. The third-order valence-electron chi connectivity index (χ3n) is 3.19. The van der Waals surface area contributed by atoms with Crippen molar-refractivity contribution >= 4 is 11.4 Å². The number of nitro benzene ring substituents is 1. The summed E-state index contributed by atoms with van der Waals surface area (Å²) >= 11 is 0. The lowest BCUT2D eigenvalue weighted by molar-refractivity contribution is -0.385. The number of hydrogen-bond donors (Lipinski definition) is 1. The van der Waals surface area contributed by atoms with Gasteiger partial charge in [-0.2, -0.15) is 0 Å². The Morgan fingerprint density at radius 3 is 2.74 bits per heavy atom. The lowest BCUT2D eigenvalue weighted by Crippen LogP contribution is -2.04. The predicted molar refractivity (Wildman–Crippen MR) is 75.2 cm³/mol. The van der Waals surface area contributed by atoms with Gasteiger partial charge >= 0.3 is 0 Å². The standard InChI is InChI=1S/C14H17N3O2/c1-3-11-6-7-12(9-14(11)17(18)19)15-10-13-5-4-8-16(13)2/h4-9,15H,3,10H2,1-2H3. The van der Waals surface area contributed by atoms with E-state index in [2.05, 4.69) is 5.32 Å². The smallest absolute Gasteiger partial charge is 0.274 e. The van der Waals surface area contributed by atoms with E-state index in [0.717, 1.165) is 16.9 Å². The third kappa shape index (κ3) is 2.93. The number of hydrogen-bond acceptors (Lipinski definition) is 3. The van der Waals surface area contributed by atoms with Gasteiger partial charge in [-0.15, -0.1) is 0 Å². The Balaban J connectivity index is 2.15. The number of nitrogens with zero attached hydrogens (tertiary/aromatic N) is 2. The number of benzene rings is 1. The number of rotatable bonds is 5. The average molecular weight is 259 g/mol. The summed E-state index contributed by atoms with van der Waals surface area (Å²) in [5.74, 6) is 0. The van der Waals surface area contributed by atoms with Crippen LogP contribution < -0.4 is 5.32 Å². The van der Waals surface area contributed by atoms with E-state index in [1.165, 1.54) is 0 Å². The fourth-order valence-electron chi connectivity index (χ4n) is 2.02. The molecular formula is C14H17N3O2. The van der Waals surface area contributed by atoms with E-state index in [1.54, 1.807) is 6.07 Å². The maximum absolute atomic E-state index is 11.0. The number of nitro groups is 1. The van der Waals surface area contributed by atoms with Crippen molar-refractivity contribution in [1.29, 1.82) is 0 Å². The van der Waals surface area contributed by atoms with E-state index in [1.807, 2.05) is 49.0 Å². The molecule has 1 aromatic carbocycles. The van der Waals surface area contributed by atoms with Crippen molar-refractivity contribution in [1.82, 2.24) is 4.57 Å². The van der Waals surface area contributed by atoms with Crippen LogP contribution in [0.3, 0.4) is 0 Å². The quantitative estimate of drug-likeness (QED) is 0.663. The zero-order valence-electron chi connectivity index (χ0n) is 11.1. The van der Waals surface area contributed by atoms with Gasteiger partial charge in [-0.3, -0.25) is 10.1 Å². The van der Waals surface area contributed by atoms with Crippen molar-refractivity contribution < 1.29 is 4.92 Å². The van der Waals surface area contributed by atoms with Gasteiger partial charge < -0.3 is 9.88 Å². The van der Waals surface area contributed by atoms with Crippen molar-refractivity contribution in [2.24, 2.45) is 7.05 Å². The fourth-order valence-corrected chi connectivity index (χ4v) is 2.02. The van der Waals surface area contributed by atoms with Gasteiger partial charge in [-0.25, -0.2) is 0 Å². The fraction of sp³-hybridized carbons (Fsp3) is 0.286. The van der Waals surface area contributed by atoms with Crippen molar-refractivity contribution in [3.05, 3.63) is 57.9 Å². The maximum atomic E-state index is 11.0. The summed E-state index contributed by atoms with van der Waals surface area (Å²) in [5, 5.41) is 14.2. The van der Waals surface area contributed by atoms with Crippen LogP contribution in [0.4, 0.5) is 11.4 Å². The van der Waals surface area contributed by atoms with Crippen LogP contribution in [-0.4, -0.2) is 9.49 Å². The molecule has 100 valence electrons. The highest BCUT2D eigenvalue weighted by atomic mass is 16.6. The first kappa shape index (κ1) is 13.1. The van der Waals surface area contributed by atoms with E-state index in [-0.39, 0.29) is 10.6 Å². The van der Waals surface area contributed by atoms with Crippen LogP contribution in [0, 0.1) is 10.1 Å². The molecule has 0 bridgehead atoms. The maximum Gasteiger partial charge on any atom is 0.274 e. The highest BCUT2D eigenvalue weighted by molar-refractivity contribution is 5.55. The second-order valence-electron chi connectivity index (χ2n) is 4.42. The van der Waals surface area contributed by atoms with E-state index in [0.29, 0.717) is 13.0 Å². The number of aryl methyl sites for hydroxylation is 2. The monoisotopic (exact) mass is 259 g/mol. The molecular weight excluding hydrogens is 242 g/mol. The van der Waals surface area contributed by atoms with Crippen LogP contribution in [0.5, 0.6) is 0 Å².